The lowest BCUT2D eigenvalue weighted by molar-refractivity contribution is 0.0912. The summed E-state index contributed by atoms with van der Waals surface area (Å²) in [5, 5.41) is 0. The Bertz CT molecular complexity index is 593. The fourth-order valence-electron chi connectivity index (χ4n) is 4.88. The molecule has 5 heteroatoms. The van der Waals surface area contributed by atoms with Crippen LogP contribution in [0.15, 0.2) is 18.5 Å². The van der Waals surface area contributed by atoms with Crippen LogP contribution in [0.25, 0.3) is 0 Å². The number of piperidine rings is 1. The van der Waals surface area contributed by atoms with Crippen molar-refractivity contribution in [1.82, 2.24) is 14.9 Å². The molecule has 0 aromatic carbocycles. The Labute approximate surface area is 157 Å². The van der Waals surface area contributed by atoms with Crippen LogP contribution in [0, 0.1) is 17.3 Å². The van der Waals surface area contributed by atoms with Crippen LogP contribution < -0.4 is 4.90 Å². The zero-order valence-electron chi connectivity index (χ0n) is 15.9. The molecular weight excluding hydrogens is 324 g/mol. The van der Waals surface area contributed by atoms with Crippen molar-refractivity contribution >= 4 is 5.95 Å². The molecule has 142 valence electrons. The second kappa shape index (κ2) is 7.08. The lowest BCUT2D eigenvalue weighted by Gasteiger charge is -2.39. The lowest BCUT2D eigenvalue weighted by atomic mass is 9.76. The minimum atomic E-state index is 0.436. The highest BCUT2D eigenvalue weighted by Gasteiger charge is 2.46. The minimum absolute atomic E-state index is 0.436. The van der Waals surface area contributed by atoms with Gasteiger partial charge in [-0.3, -0.25) is 0 Å². The highest BCUT2D eigenvalue weighted by Crippen LogP contribution is 2.45. The number of rotatable bonds is 7. The fourth-order valence-corrected chi connectivity index (χ4v) is 4.88. The first-order chi connectivity index (χ1) is 12.8. The van der Waals surface area contributed by atoms with E-state index >= 15 is 0 Å². The van der Waals surface area contributed by atoms with Crippen molar-refractivity contribution in [3.63, 3.8) is 0 Å². The highest BCUT2D eigenvalue weighted by molar-refractivity contribution is 5.35. The van der Waals surface area contributed by atoms with Gasteiger partial charge in [-0.2, -0.15) is 0 Å². The van der Waals surface area contributed by atoms with Crippen molar-refractivity contribution in [2.45, 2.75) is 51.0 Å². The summed E-state index contributed by atoms with van der Waals surface area (Å²) in [4.78, 5) is 14.3. The molecule has 1 atom stereocenters. The molecule has 0 bridgehead atoms. The number of hydrogen-bond donors (Lipinski definition) is 0. The molecule has 0 radical (unpaired) electrons. The van der Waals surface area contributed by atoms with E-state index in [-0.39, 0.29) is 0 Å². The molecule has 0 N–H and O–H groups in total. The number of hydrogen-bond acceptors (Lipinski definition) is 5. The van der Waals surface area contributed by atoms with E-state index in [0.717, 1.165) is 37.5 Å². The van der Waals surface area contributed by atoms with E-state index in [1.807, 2.05) is 18.5 Å². The van der Waals surface area contributed by atoms with Gasteiger partial charge in [0, 0.05) is 32.1 Å². The number of nitrogens with zero attached hydrogens (tertiary/aromatic N) is 4. The molecule has 5 rings (SSSR count). The molecule has 1 aromatic rings. The van der Waals surface area contributed by atoms with Crippen LogP contribution in [0.4, 0.5) is 5.95 Å². The van der Waals surface area contributed by atoms with Crippen molar-refractivity contribution < 1.29 is 4.74 Å². The van der Waals surface area contributed by atoms with Crippen LogP contribution in [0.2, 0.25) is 0 Å². The normalized spacial score (nSPS) is 28.8. The maximum Gasteiger partial charge on any atom is 0.225 e. The summed E-state index contributed by atoms with van der Waals surface area (Å²) in [6, 6.07) is 2.34. The monoisotopic (exact) mass is 356 g/mol. The Morgan fingerprint density at radius 1 is 1.00 bits per heavy atom. The van der Waals surface area contributed by atoms with E-state index in [1.165, 1.54) is 64.6 Å². The second-order valence-electron chi connectivity index (χ2n) is 9.26. The molecule has 5 nitrogen and oxygen atoms in total. The van der Waals surface area contributed by atoms with E-state index in [4.69, 9.17) is 4.74 Å². The molecule has 26 heavy (non-hydrogen) atoms. The molecule has 1 unspecified atom stereocenters. The predicted molar refractivity (Wildman–Crippen MR) is 102 cm³/mol. The maximum atomic E-state index is 6.10. The molecule has 4 fully saturated rings. The molecule has 2 aliphatic carbocycles. The van der Waals surface area contributed by atoms with Gasteiger partial charge in [-0.1, -0.05) is 0 Å². The summed E-state index contributed by atoms with van der Waals surface area (Å²) in [5.74, 6) is 2.73. The number of likely N-dealkylation sites (tertiary alicyclic amines) is 1. The van der Waals surface area contributed by atoms with Gasteiger partial charge in [0.1, 0.15) is 0 Å². The van der Waals surface area contributed by atoms with Crippen molar-refractivity contribution in [2.24, 2.45) is 17.3 Å². The van der Waals surface area contributed by atoms with E-state index in [1.54, 1.807) is 0 Å². The minimum Gasteiger partial charge on any atom is -0.379 e. The second-order valence-corrected chi connectivity index (χ2v) is 9.26. The Kier molecular flexibility index (Phi) is 4.61. The van der Waals surface area contributed by atoms with Gasteiger partial charge in [0.05, 0.1) is 12.6 Å². The first-order valence-corrected chi connectivity index (χ1v) is 10.6. The summed E-state index contributed by atoms with van der Waals surface area (Å²) in [7, 11) is 0. The highest BCUT2D eigenvalue weighted by atomic mass is 16.5. The Hall–Kier alpha value is -1.20. The standard InChI is InChI=1S/C21H32N4O/c1-8-22-20(23-9-1)25-16-21(12-19(25)15-26-14-18-4-5-18)6-10-24(11-7-21)13-17-2-3-17/h1,8-9,17-19H,2-7,10-16H2. The molecule has 1 aromatic heterocycles. The quantitative estimate of drug-likeness (QED) is 0.751. The van der Waals surface area contributed by atoms with Gasteiger partial charge in [-0.15, -0.1) is 0 Å². The van der Waals surface area contributed by atoms with Crippen molar-refractivity contribution in [3.05, 3.63) is 18.5 Å². The van der Waals surface area contributed by atoms with Crippen molar-refractivity contribution in [1.29, 1.82) is 0 Å². The summed E-state index contributed by atoms with van der Waals surface area (Å²) in [6.45, 7) is 6.77. The molecular formula is C21H32N4O. The van der Waals surface area contributed by atoms with Crippen LogP contribution in [0.1, 0.15) is 44.9 Å². The summed E-state index contributed by atoms with van der Waals surface area (Å²) in [5.41, 5.74) is 0.437. The average Bonchev–Trinajstić information content (AvgIpc) is 3.59. The summed E-state index contributed by atoms with van der Waals surface area (Å²) in [6.07, 6.45) is 13.3. The third-order valence-corrected chi connectivity index (χ3v) is 6.91. The van der Waals surface area contributed by atoms with Crippen LogP contribution in [-0.4, -0.2) is 60.3 Å². The van der Waals surface area contributed by atoms with Crippen molar-refractivity contribution in [3.8, 4) is 0 Å². The van der Waals surface area contributed by atoms with E-state index in [9.17, 15) is 0 Å². The third-order valence-electron chi connectivity index (χ3n) is 6.91. The molecule has 2 aliphatic heterocycles. The molecule has 3 heterocycles. The van der Waals surface area contributed by atoms with Crippen LogP contribution >= 0.6 is 0 Å². The lowest BCUT2D eigenvalue weighted by Crippen LogP contribution is -2.42. The van der Waals surface area contributed by atoms with Gasteiger partial charge in [0.2, 0.25) is 5.95 Å². The van der Waals surface area contributed by atoms with Gasteiger partial charge in [-0.05, 0) is 81.4 Å². The molecule has 2 saturated heterocycles. The average molecular weight is 357 g/mol. The SMILES string of the molecule is c1cnc(N2CC3(CCN(CC4CC4)CC3)CC2COCC2CC2)nc1. The molecule has 2 saturated carbocycles. The Balaban J connectivity index is 1.24. The zero-order chi connectivity index (χ0) is 17.4. The molecule has 4 aliphatic rings. The number of anilines is 1. The third kappa shape index (κ3) is 3.89. The van der Waals surface area contributed by atoms with E-state index in [2.05, 4.69) is 19.8 Å². The smallest absolute Gasteiger partial charge is 0.225 e. The summed E-state index contributed by atoms with van der Waals surface area (Å²) >= 11 is 0. The van der Waals surface area contributed by atoms with Crippen LogP contribution in [0.3, 0.4) is 0 Å². The summed E-state index contributed by atoms with van der Waals surface area (Å²) < 4.78 is 6.10. The van der Waals surface area contributed by atoms with Gasteiger partial charge < -0.3 is 14.5 Å². The van der Waals surface area contributed by atoms with Gasteiger partial charge in [-0.25, -0.2) is 9.97 Å². The van der Waals surface area contributed by atoms with Crippen LogP contribution in [-0.2, 0) is 4.74 Å². The first kappa shape index (κ1) is 16.9. The Morgan fingerprint density at radius 3 is 2.42 bits per heavy atom. The van der Waals surface area contributed by atoms with E-state index in [0.29, 0.717) is 11.5 Å². The zero-order valence-corrected chi connectivity index (χ0v) is 15.9. The van der Waals surface area contributed by atoms with E-state index < -0.39 is 0 Å². The largest absolute Gasteiger partial charge is 0.379 e. The van der Waals surface area contributed by atoms with Crippen LogP contribution in [0.5, 0.6) is 0 Å². The Morgan fingerprint density at radius 2 is 1.73 bits per heavy atom. The molecule has 1 spiro atoms. The van der Waals surface area contributed by atoms with Gasteiger partial charge in [0.15, 0.2) is 0 Å². The van der Waals surface area contributed by atoms with Crippen molar-refractivity contribution in [2.75, 3.05) is 44.3 Å². The first-order valence-electron chi connectivity index (χ1n) is 10.6. The maximum absolute atomic E-state index is 6.10. The molecule has 0 amide bonds. The predicted octanol–water partition coefficient (Wildman–Crippen LogP) is 2.97. The topological polar surface area (TPSA) is 41.5 Å². The van der Waals surface area contributed by atoms with Gasteiger partial charge >= 0.3 is 0 Å². The number of aromatic nitrogens is 2. The number of ether oxygens (including phenoxy) is 1. The fraction of sp³-hybridized carbons (Fsp3) is 0.810. The van der Waals surface area contributed by atoms with Gasteiger partial charge in [0.25, 0.3) is 0 Å².